The normalized spacial score (nSPS) is 16.9. The standard InChI is InChI=1S/C13H19N5OS/c1-13(2,3)11-16-18-10(19)8-9(15-12(18)20-11)17-6-4-14-5-7-17/h8,14H,4-7H2,1-3H3. The van der Waals surface area contributed by atoms with Gasteiger partial charge in [-0.05, 0) is 0 Å². The smallest absolute Gasteiger partial charge is 0.277 e. The summed E-state index contributed by atoms with van der Waals surface area (Å²) in [6.07, 6.45) is 0. The maximum atomic E-state index is 12.2. The molecule has 0 aromatic carbocycles. The first kappa shape index (κ1) is 13.5. The van der Waals surface area contributed by atoms with E-state index < -0.39 is 0 Å². The molecule has 0 spiro atoms. The van der Waals surface area contributed by atoms with Crippen molar-refractivity contribution in [3.8, 4) is 0 Å². The Hall–Kier alpha value is -1.47. The van der Waals surface area contributed by atoms with Gasteiger partial charge >= 0.3 is 0 Å². The van der Waals surface area contributed by atoms with E-state index in [2.05, 4.69) is 41.1 Å². The van der Waals surface area contributed by atoms with Gasteiger partial charge in [-0.3, -0.25) is 4.79 Å². The summed E-state index contributed by atoms with van der Waals surface area (Å²) in [5, 5.41) is 8.63. The van der Waals surface area contributed by atoms with Crippen molar-refractivity contribution in [1.82, 2.24) is 19.9 Å². The minimum atomic E-state index is -0.102. The van der Waals surface area contributed by atoms with Crippen LogP contribution in [0.4, 0.5) is 5.82 Å². The number of nitrogens with one attached hydrogen (secondary N) is 1. The van der Waals surface area contributed by atoms with Crippen LogP contribution in [0.3, 0.4) is 0 Å². The lowest BCUT2D eigenvalue weighted by Crippen LogP contribution is -2.44. The third kappa shape index (κ3) is 2.43. The Morgan fingerprint density at radius 1 is 1.30 bits per heavy atom. The molecular weight excluding hydrogens is 274 g/mol. The first-order chi connectivity index (χ1) is 9.45. The number of rotatable bonds is 1. The maximum absolute atomic E-state index is 12.2. The molecule has 20 heavy (non-hydrogen) atoms. The highest BCUT2D eigenvalue weighted by molar-refractivity contribution is 7.16. The average Bonchev–Trinajstić information content (AvgIpc) is 2.84. The highest BCUT2D eigenvalue weighted by atomic mass is 32.1. The molecule has 3 rings (SSSR count). The van der Waals surface area contributed by atoms with Crippen LogP contribution in [0.25, 0.3) is 4.96 Å². The third-order valence-electron chi connectivity index (χ3n) is 3.31. The quantitative estimate of drug-likeness (QED) is 0.845. The lowest BCUT2D eigenvalue weighted by molar-refractivity contribution is 0.571. The summed E-state index contributed by atoms with van der Waals surface area (Å²) in [6.45, 7) is 9.89. The average molecular weight is 293 g/mol. The van der Waals surface area contributed by atoms with Crippen LogP contribution in [0.5, 0.6) is 0 Å². The van der Waals surface area contributed by atoms with E-state index in [0.29, 0.717) is 4.96 Å². The van der Waals surface area contributed by atoms with E-state index in [1.807, 2.05) is 0 Å². The van der Waals surface area contributed by atoms with Crippen molar-refractivity contribution in [2.75, 3.05) is 31.1 Å². The molecular formula is C13H19N5OS. The molecule has 1 N–H and O–H groups in total. The molecule has 0 unspecified atom stereocenters. The van der Waals surface area contributed by atoms with Gasteiger partial charge in [0.25, 0.3) is 5.56 Å². The van der Waals surface area contributed by atoms with Gasteiger partial charge < -0.3 is 10.2 Å². The second-order valence-electron chi connectivity index (χ2n) is 6.04. The number of nitrogens with zero attached hydrogens (tertiary/aromatic N) is 4. The summed E-state index contributed by atoms with van der Waals surface area (Å²) in [6, 6.07) is 1.59. The molecule has 0 saturated carbocycles. The molecule has 1 aliphatic heterocycles. The van der Waals surface area contributed by atoms with Crippen LogP contribution in [0.2, 0.25) is 0 Å². The molecule has 2 aromatic heterocycles. The summed E-state index contributed by atoms with van der Waals surface area (Å²) in [5.41, 5.74) is -0.171. The fraction of sp³-hybridized carbons (Fsp3) is 0.615. The Balaban J connectivity index is 2.06. The number of hydrogen-bond acceptors (Lipinski definition) is 6. The fourth-order valence-corrected chi connectivity index (χ4v) is 3.12. The SMILES string of the molecule is CC(C)(C)c1nn2c(=O)cc(N3CCNCC3)nc2s1. The molecule has 0 aliphatic carbocycles. The van der Waals surface area contributed by atoms with Crippen molar-refractivity contribution in [2.24, 2.45) is 0 Å². The zero-order valence-corrected chi connectivity index (χ0v) is 12.8. The maximum Gasteiger partial charge on any atom is 0.277 e. The zero-order valence-electron chi connectivity index (χ0n) is 12.0. The largest absolute Gasteiger partial charge is 0.354 e. The summed E-state index contributed by atoms with van der Waals surface area (Å²) in [4.78, 5) is 19.6. The Labute approximate surface area is 121 Å². The van der Waals surface area contributed by atoms with Crippen molar-refractivity contribution in [3.05, 3.63) is 21.4 Å². The number of anilines is 1. The monoisotopic (exact) mass is 293 g/mol. The van der Waals surface area contributed by atoms with Crippen LogP contribution in [0.1, 0.15) is 25.8 Å². The van der Waals surface area contributed by atoms with Crippen molar-refractivity contribution >= 4 is 22.1 Å². The minimum Gasteiger partial charge on any atom is -0.354 e. The summed E-state index contributed by atoms with van der Waals surface area (Å²) in [7, 11) is 0. The van der Waals surface area contributed by atoms with Crippen LogP contribution in [-0.2, 0) is 5.41 Å². The zero-order chi connectivity index (χ0) is 14.3. The predicted octanol–water partition coefficient (Wildman–Crippen LogP) is 0.858. The van der Waals surface area contributed by atoms with Crippen molar-refractivity contribution in [1.29, 1.82) is 0 Å². The molecule has 3 heterocycles. The predicted molar refractivity (Wildman–Crippen MR) is 80.9 cm³/mol. The Kier molecular flexibility index (Phi) is 3.25. The molecule has 1 fully saturated rings. The third-order valence-corrected chi connectivity index (χ3v) is 4.65. The second kappa shape index (κ2) is 4.82. The lowest BCUT2D eigenvalue weighted by atomic mass is 9.98. The van der Waals surface area contributed by atoms with E-state index in [9.17, 15) is 4.79 Å². The number of aromatic nitrogens is 3. The van der Waals surface area contributed by atoms with Gasteiger partial charge in [-0.25, -0.2) is 4.98 Å². The van der Waals surface area contributed by atoms with Crippen LogP contribution >= 0.6 is 11.3 Å². The molecule has 7 heteroatoms. The first-order valence-corrected chi connectivity index (χ1v) is 7.64. The minimum absolute atomic E-state index is 0.0694. The van der Waals surface area contributed by atoms with E-state index in [-0.39, 0.29) is 11.0 Å². The molecule has 1 aliphatic rings. The number of hydrogen-bond donors (Lipinski definition) is 1. The van der Waals surface area contributed by atoms with Crippen molar-refractivity contribution < 1.29 is 0 Å². The van der Waals surface area contributed by atoms with Crippen LogP contribution < -0.4 is 15.8 Å². The highest BCUT2D eigenvalue weighted by Gasteiger charge is 2.21. The summed E-state index contributed by atoms with van der Waals surface area (Å²) in [5.74, 6) is 0.764. The molecule has 0 atom stereocenters. The fourth-order valence-electron chi connectivity index (χ4n) is 2.16. The van der Waals surface area contributed by atoms with Gasteiger partial charge in [0.15, 0.2) is 0 Å². The van der Waals surface area contributed by atoms with Gasteiger partial charge in [0.1, 0.15) is 10.8 Å². The summed E-state index contributed by atoms with van der Waals surface area (Å²) >= 11 is 1.49. The van der Waals surface area contributed by atoms with Crippen molar-refractivity contribution in [2.45, 2.75) is 26.2 Å². The van der Waals surface area contributed by atoms with Crippen LogP contribution in [0, 0.1) is 0 Å². The van der Waals surface area contributed by atoms with Gasteiger partial charge in [-0.15, -0.1) is 0 Å². The van der Waals surface area contributed by atoms with E-state index in [4.69, 9.17) is 0 Å². The summed E-state index contributed by atoms with van der Waals surface area (Å²) < 4.78 is 1.41. The topological polar surface area (TPSA) is 62.5 Å². The van der Waals surface area contributed by atoms with Crippen molar-refractivity contribution in [3.63, 3.8) is 0 Å². The lowest BCUT2D eigenvalue weighted by Gasteiger charge is -2.27. The van der Waals surface area contributed by atoms with Gasteiger partial charge in [0.05, 0.1) is 0 Å². The van der Waals surface area contributed by atoms with E-state index in [0.717, 1.165) is 37.0 Å². The molecule has 0 bridgehead atoms. The number of piperazine rings is 1. The van der Waals surface area contributed by atoms with Gasteiger partial charge in [0, 0.05) is 37.7 Å². The Morgan fingerprint density at radius 2 is 2.00 bits per heavy atom. The molecule has 0 amide bonds. The van der Waals surface area contributed by atoms with Gasteiger partial charge in [-0.1, -0.05) is 32.1 Å². The second-order valence-corrected chi connectivity index (χ2v) is 7.00. The molecule has 2 aromatic rings. The van der Waals surface area contributed by atoms with E-state index in [1.54, 1.807) is 6.07 Å². The molecule has 1 saturated heterocycles. The van der Waals surface area contributed by atoms with E-state index in [1.165, 1.54) is 15.9 Å². The van der Waals surface area contributed by atoms with Crippen LogP contribution in [0.15, 0.2) is 10.9 Å². The first-order valence-electron chi connectivity index (χ1n) is 6.82. The molecule has 0 radical (unpaired) electrons. The molecule has 108 valence electrons. The highest BCUT2D eigenvalue weighted by Crippen LogP contribution is 2.26. The van der Waals surface area contributed by atoms with Crippen LogP contribution in [-0.4, -0.2) is 40.8 Å². The Bertz CT molecular complexity index is 678. The molecule has 6 nitrogen and oxygen atoms in total. The van der Waals surface area contributed by atoms with Gasteiger partial charge in [-0.2, -0.15) is 9.61 Å². The number of fused-ring (bicyclic) bond motifs is 1. The Morgan fingerprint density at radius 3 is 2.65 bits per heavy atom. The van der Waals surface area contributed by atoms with Gasteiger partial charge in [0.2, 0.25) is 4.96 Å². The van der Waals surface area contributed by atoms with E-state index >= 15 is 0 Å².